The lowest BCUT2D eigenvalue weighted by atomic mass is 10.2. The van der Waals surface area contributed by atoms with Crippen molar-refractivity contribution in [3.8, 4) is 0 Å². The highest BCUT2D eigenvalue weighted by molar-refractivity contribution is 8.03. The van der Waals surface area contributed by atoms with Crippen molar-refractivity contribution in [2.45, 2.75) is 25.2 Å². The van der Waals surface area contributed by atoms with Gasteiger partial charge >= 0.3 is 0 Å². The summed E-state index contributed by atoms with van der Waals surface area (Å²) in [5, 5.41) is 3.73. The number of hydrogen-bond donors (Lipinski definition) is 0. The van der Waals surface area contributed by atoms with Crippen molar-refractivity contribution in [2.24, 2.45) is 0 Å². The number of benzene rings is 2. The molecule has 1 aliphatic heterocycles. The van der Waals surface area contributed by atoms with Crippen molar-refractivity contribution in [3.63, 3.8) is 0 Å². The van der Waals surface area contributed by atoms with E-state index in [1.54, 1.807) is 23.1 Å². The highest BCUT2D eigenvalue weighted by atomic mass is 35.5. The van der Waals surface area contributed by atoms with Gasteiger partial charge in [-0.15, -0.1) is 11.3 Å². The van der Waals surface area contributed by atoms with E-state index in [-0.39, 0.29) is 0 Å². The first-order chi connectivity index (χ1) is 13.1. The normalized spacial score (nSPS) is 15.8. The molecule has 0 fully saturated rings. The first kappa shape index (κ1) is 18.9. The summed E-state index contributed by atoms with van der Waals surface area (Å²) in [5.41, 5.74) is 3.39. The first-order valence-corrected chi connectivity index (χ1v) is 11.2. The quantitative estimate of drug-likeness (QED) is 0.416. The average Bonchev–Trinajstić information content (AvgIpc) is 3.20. The third-order valence-corrected chi connectivity index (χ3v) is 6.97. The second kappa shape index (κ2) is 7.88. The van der Waals surface area contributed by atoms with E-state index in [2.05, 4.69) is 37.0 Å². The fraction of sp³-hybridized carbons (Fsp3) is 0.190. The number of hydrogen-bond acceptors (Lipinski definition) is 4. The molecular weight excluding hydrogens is 415 g/mol. The summed E-state index contributed by atoms with van der Waals surface area (Å²) in [4.78, 5) is 8.28. The van der Waals surface area contributed by atoms with E-state index < -0.39 is 0 Å². The number of thioether (sulfide) groups is 1. The van der Waals surface area contributed by atoms with Gasteiger partial charge in [0.1, 0.15) is 5.01 Å². The van der Waals surface area contributed by atoms with Gasteiger partial charge in [0.15, 0.2) is 0 Å². The molecule has 0 bridgehead atoms. The molecular formula is C21H18Cl2N2S2. The minimum atomic E-state index is 0.721. The molecule has 0 saturated carbocycles. The maximum atomic E-state index is 6.20. The minimum absolute atomic E-state index is 0.721. The zero-order chi connectivity index (χ0) is 19.0. The zero-order valence-electron chi connectivity index (χ0n) is 15.0. The molecule has 6 heteroatoms. The van der Waals surface area contributed by atoms with E-state index in [0.717, 1.165) is 38.2 Å². The standard InChI is InChI=1S/C21H18Cl2N2S2/c1-3-13(9-20-24-16-11-14(22)5-7-18(16)26-20)10-21-25(4-2)17-12-15(23)6-8-19(17)27-21/h5-12H,3-4H2,1-2H3/b13-9+,21-10-. The van der Waals surface area contributed by atoms with E-state index >= 15 is 0 Å². The van der Waals surface area contributed by atoms with Gasteiger partial charge in [-0.3, -0.25) is 0 Å². The third kappa shape index (κ3) is 3.90. The van der Waals surface area contributed by atoms with Crippen LogP contribution in [0.15, 0.2) is 58.0 Å². The SMILES string of the molecule is CCC(/C=C1\Sc2ccc(Cl)cc2N1CC)=C\c1nc2cc(Cl)ccc2s1. The minimum Gasteiger partial charge on any atom is -0.335 e. The molecule has 0 aliphatic carbocycles. The van der Waals surface area contributed by atoms with Gasteiger partial charge in [0.25, 0.3) is 0 Å². The van der Waals surface area contributed by atoms with Gasteiger partial charge in [0, 0.05) is 21.5 Å². The first-order valence-electron chi connectivity index (χ1n) is 8.80. The smallest absolute Gasteiger partial charge is 0.117 e. The van der Waals surface area contributed by atoms with Gasteiger partial charge in [-0.05, 0) is 67.5 Å². The Kier molecular flexibility index (Phi) is 5.51. The topological polar surface area (TPSA) is 16.1 Å². The summed E-state index contributed by atoms with van der Waals surface area (Å²) in [5.74, 6) is 0. The molecule has 1 aliphatic rings. The van der Waals surface area contributed by atoms with Crippen molar-refractivity contribution in [1.29, 1.82) is 0 Å². The molecule has 0 N–H and O–H groups in total. The summed E-state index contributed by atoms with van der Waals surface area (Å²) >= 11 is 15.8. The lowest BCUT2D eigenvalue weighted by Gasteiger charge is -2.18. The van der Waals surface area contributed by atoms with Crippen molar-refractivity contribution >= 4 is 68.3 Å². The predicted octanol–water partition coefficient (Wildman–Crippen LogP) is 7.87. The number of allylic oxidation sites excluding steroid dienone is 2. The number of aromatic nitrogens is 1. The van der Waals surface area contributed by atoms with E-state index in [0.29, 0.717) is 0 Å². The molecule has 0 unspecified atom stereocenters. The second-order valence-corrected chi connectivity index (χ2v) is 9.18. The van der Waals surface area contributed by atoms with Crippen LogP contribution in [0.3, 0.4) is 0 Å². The molecule has 3 aromatic rings. The molecule has 0 spiro atoms. The van der Waals surface area contributed by atoms with Crippen LogP contribution >= 0.6 is 46.3 Å². The number of halogens is 2. The van der Waals surface area contributed by atoms with Crippen LogP contribution in [0.5, 0.6) is 0 Å². The molecule has 0 saturated heterocycles. The summed E-state index contributed by atoms with van der Waals surface area (Å²) in [6.07, 6.45) is 5.38. The van der Waals surface area contributed by atoms with Gasteiger partial charge in [0.05, 0.1) is 20.9 Å². The number of nitrogens with zero attached hydrogens (tertiary/aromatic N) is 2. The molecule has 1 aromatic heterocycles. The summed E-state index contributed by atoms with van der Waals surface area (Å²) < 4.78 is 1.15. The van der Waals surface area contributed by atoms with Crippen LogP contribution < -0.4 is 4.90 Å². The Bertz CT molecular complexity index is 1070. The van der Waals surface area contributed by atoms with E-state index in [9.17, 15) is 0 Å². The molecule has 0 radical (unpaired) electrons. The van der Waals surface area contributed by atoms with Crippen molar-refractivity contribution in [3.05, 3.63) is 68.1 Å². The van der Waals surface area contributed by atoms with E-state index in [4.69, 9.17) is 28.2 Å². The van der Waals surface area contributed by atoms with Crippen LogP contribution in [-0.4, -0.2) is 11.5 Å². The van der Waals surface area contributed by atoms with E-state index in [1.165, 1.54) is 21.2 Å². The lowest BCUT2D eigenvalue weighted by molar-refractivity contribution is 0.998. The maximum absolute atomic E-state index is 6.20. The second-order valence-electron chi connectivity index (χ2n) is 6.18. The Morgan fingerprint density at radius 3 is 2.67 bits per heavy atom. The van der Waals surface area contributed by atoms with E-state index in [1.807, 2.05) is 30.3 Å². The molecule has 0 atom stereocenters. The number of anilines is 1. The van der Waals surface area contributed by atoms with Gasteiger partial charge in [-0.25, -0.2) is 4.98 Å². The predicted molar refractivity (Wildman–Crippen MR) is 121 cm³/mol. The van der Waals surface area contributed by atoms with Crippen LogP contribution in [0.25, 0.3) is 16.3 Å². The Labute approximate surface area is 177 Å². The lowest BCUT2D eigenvalue weighted by Crippen LogP contribution is -2.16. The Morgan fingerprint density at radius 2 is 1.89 bits per heavy atom. The number of fused-ring (bicyclic) bond motifs is 2. The Morgan fingerprint density at radius 1 is 1.11 bits per heavy atom. The number of rotatable bonds is 4. The van der Waals surface area contributed by atoms with Crippen LogP contribution in [0.4, 0.5) is 5.69 Å². The molecule has 138 valence electrons. The third-order valence-electron chi connectivity index (χ3n) is 4.40. The molecule has 4 rings (SSSR count). The van der Waals surface area contributed by atoms with Crippen molar-refractivity contribution in [2.75, 3.05) is 11.4 Å². The van der Waals surface area contributed by atoms with Gasteiger partial charge < -0.3 is 4.90 Å². The van der Waals surface area contributed by atoms with Crippen molar-refractivity contribution < 1.29 is 0 Å². The largest absolute Gasteiger partial charge is 0.335 e. The molecule has 27 heavy (non-hydrogen) atoms. The maximum Gasteiger partial charge on any atom is 0.117 e. The fourth-order valence-electron chi connectivity index (χ4n) is 3.05. The van der Waals surface area contributed by atoms with Gasteiger partial charge in [-0.1, -0.05) is 41.9 Å². The summed E-state index contributed by atoms with van der Waals surface area (Å²) in [6.45, 7) is 5.24. The van der Waals surface area contributed by atoms with Crippen LogP contribution in [-0.2, 0) is 0 Å². The highest BCUT2D eigenvalue weighted by Gasteiger charge is 2.24. The van der Waals surface area contributed by atoms with Gasteiger partial charge in [0.2, 0.25) is 0 Å². The Balaban J connectivity index is 1.68. The fourth-order valence-corrected chi connectivity index (χ4v) is 5.49. The van der Waals surface area contributed by atoms with Crippen molar-refractivity contribution in [1.82, 2.24) is 4.98 Å². The molecule has 2 aromatic carbocycles. The van der Waals surface area contributed by atoms with Crippen LogP contribution in [0, 0.1) is 0 Å². The molecule has 2 heterocycles. The highest BCUT2D eigenvalue weighted by Crippen LogP contribution is 2.47. The van der Waals surface area contributed by atoms with Gasteiger partial charge in [-0.2, -0.15) is 0 Å². The average molecular weight is 433 g/mol. The van der Waals surface area contributed by atoms with Crippen LogP contribution in [0.2, 0.25) is 10.0 Å². The zero-order valence-corrected chi connectivity index (χ0v) is 18.1. The number of thiazole rings is 1. The molecule has 0 amide bonds. The monoisotopic (exact) mass is 432 g/mol. The summed E-state index contributed by atoms with van der Waals surface area (Å²) in [6, 6.07) is 11.9. The summed E-state index contributed by atoms with van der Waals surface area (Å²) in [7, 11) is 0. The van der Waals surface area contributed by atoms with Crippen LogP contribution in [0.1, 0.15) is 25.3 Å². The molecule has 2 nitrogen and oxygen atoms in total. The Hall–Kier alpha value is -1.46.